The van der Waals surface area contributed by atoms with Gasteiger partial charge in [-0.2, -0.15) is 0 Å². The number of amides is 1. The maximum absolute atomic E-state index is 11.9. The van der Waals surface area contributed by atoms with Gasteiger partial charge in [0.1, 0.15) is 5.75 Å². The number of aryl methyl sites for hydroxylation is 1. The van der Waals surface area contributed by atoms with Crippen molar-refractivity contribution in [3.8, 4) is 5.75 Å². The van der Waals surface area contributed by atoms with Crippen LogP contribution >= 0.6 is 15.9 Å². The molecule has 0 atom stereocenters. The minimum atomic E-state index is -0.0634. The second-order valence-electron chi connectivity index (χ2n) is 4.91. The van der Waals surface area contributed by atoms with E-state index in [1.807, 2.05) is 49.4 Å². The maximum Gasteiger partial charge on any atom is 0.239 e. The molecular formula is C17H19BrN2O2. The molecule has 2 rings (SSSR count). The zero-order valence-corrected chi connectivity index (χ0v) is 14.2. The van der Waals surface area contributed by atoms with E-state index in [0.29, 0.717) is 6.54 Å². The Kier molecular flexibility index (Phi) is 5.83. The Morgan fingerprint density at radius 2 is 2.00 bits per heavy atom. The lowest BCUT2D eigenvalue weighted by atomic mass is 10.2. The van der Waals surface area contributed by atoms with Gasteiger partial charge in [-0.25, -0.2) is 0 Å². The molecule has 0 fully saturated rings. The number of hydrogen-bond donors (Lipinski definition) is 2. The standard InChI is InChI=1S/C17H19BrN2O2/c1-12-9-14(7-8-15(12)18)19-11-17(21)20-10-13-5-3-4-6-16(13)22-2/h3-9,19H,10-11H2,1-2H3,(H,20,21). The maximum atomic E-state index is 11.9. The van der Waals surface area contributed by atoms with Crippen LogP contribution in [0.2, 0.25) is 0 Å². The lowest BCUT2D eigenvalue weighted by Gasteiger charge is -2.11. The molecule has 2 N–H and O–H groups in total. The Morgan fingerprint density at radius 3 is 2.73 bits per heavy atom. The van der Waals surface area contributed by atoms with Crippen LogP contribution in [0.3, 0.4) is 0 Å². The van der Waals surface area contributed by atoms with Gasteiger partial charge >= 0.3 is 0 Å². The number of para-hydroxylation sites is 1. The summed E-state index contributed by atoms with van der Waals surface area (Å²) in [5.41, 5.74) is 3.01. The van der Waals surface area contributed by atoms with Gasteiger partial charge in [-0.05, 0) is 36.8 Å². The van der Waals surface area contributed by atoms with Crippen molar-refractivity contribution in [3.63, 3.8) is 0 Å². The van der Waals surface area contributed by atoms with Gasteiger partial charge in [-0.15, -0.1) is 0 Å². The number of hydrogen-bond acceptors (Lipinski definition) is 3. The number of anilines is 1. The smallest absolute Gasteiger partial charge is 0.239 e. The first kappa shape index (κ1) is 16.4. The van der Waals surface area contributed by atoms with Crippen molar-refractivity contribution in [2.45, 2.75) is 13.5 Å². The van der Waals surface area contributed by atoms with Crippen LogP contribution in [0, 0.1) is 6.92 Å². The molecule has 5 heteroatoms. The van der Waals surface area contributed by atoms with Crippen molar-refractivity contribution in [1.29, 1.82) is 0 Å². The lowest BCUT2D eigenvalue weighted by molar-refractivity contribution is -0.119. The number of methoxy groups -OCH3 is 1. The highest BCUT2D eigenvalue weighted by Gasteiger charge is 2.05. The second-order valence-corrected chi connectivity index (χ2v) is 5.76. The van der Waals surface area contributed by atoms with E-state index >= 15 is 0 Å². The molecular weight excluding hydrogens is 344 g/mol. The second kappa shape index (κ2) is 7.84. The number of benzene rings is 2. The minimum Gasteiger partial charge on any atom is -0.496 e. The molecule has 0 bridgehead atoms. The first-order chi connectivity index (χ1) is 10.6. The largest absolute Gasteiger partial charge is 0.496 e. The molecule has 22 heavy (non-hydrogen) atoms. The van der Waals surface area contributed by atoms with Crippen LogP contribution in [-0.4, -0.2) is 19.6 Å². The summed E-state index contributed by atoms with van der Waals surface area (Å²) in [6.45, 7) is 2.69. The first-order valence-corrected chi connectivity index (χ1v) is 7.78. The van der Waals surface area contributed by atoms with E-state index in [-0.39, 0.29) is 12.5 Å². The van der Waals surface area contributed by atoms with E-state index in [2.05, 4.69) is 26.6 Å². The average molecular weight is 363 g/mol. The molecule has 4 nitrogen and oxygen atoms in total. The first-order valence-electron chi connectivity index (χ1n) is 6.99. The fourth-order valence-electron chi connectivity index (χ4n) is 2.04. The van der Waals surface area contributed by atoms with Gasteiger partial charge in [0.25, 0.3) is 0 Å². The molecule has 0 saturated heterocycles. The fourth-order valence-corrected chi connectivity index (χ4v) is 2.29. The van der Waals surface area contributed by atoms with Crippen LogP contribution in [-0.2, 0) is 11.3 Å². The molecule has 2 aromatic rings. The third-order valence-corrected chi connectivity index (χ3v) is 4.17. The Labute approximate surface area is 139 Å². The number of carbonyl (C=O) groups excluding carboxylic acids is 1. The van der Waals surface area contributed by atoms with E-state index < -0.39 is 0 Å². The molecule has 0 aliphatic rings. The number of rotatable bonds is 6. The van der Waals surface area contributed by atoms with Crippen molar-refractivity contribution < 1.29 is 9.53 Å². The third kappa shape index (κ3) is 4.49. The van der Waals surface area contributed by atoms with Crippen molar-refractivity contribution in [2.75, 3.05) is 19.0 Å². The lowest BCUT2D eigenvalue weighted by Crippen LogP contribution is -2.29. The van der Waals surface area contributed by atoms with Crippen molar-refractivity contribution in [3.05, 3.63) is 58.1 Å². The summed E-state index contributed by atoms with van der Waals surface area (Å²) in [5, 5.41) is 5.99. The number of halogens is 1. The molecule has 0 aliphatic heterocycles. The number of ether oxygens (including phenoxy) is 1. The zero-order valence-electron chi connectivity index (χ0n) is 12.7. The summed E-state index contributed by atoms with van der Waals surface area (Å²) < 4.78 is 6.31. The molecule has 1 amide bonds. The van der Waals surface area contributed by atoms with Gasteiger partial charge in [0.15, 0.2) is 0 Å². The Balaban J connectivity index is 1.84. The molecule has 0 heterocycles. The summed E-state index contributed by atoms with van der Waals surface area (Å²) in [7, 11) is 1.62. The number of carbonyl (C=O) groups is 1. The molecule has 0 spiro atoms. The normalized spacial score (nSPS) is 10.1. The zero-order chi connectivity index (χ0) is 15.9. The average Bonchev–Trinajstić information content (AvgIpc) is 2.54. The van der Waals surface area contributed by atoms with E-state index in [0.717, 1.165) is 27.0 Å². The van der Waals surface area contributed by atoms with Gasteiger partial charge in [-0.1, -0.05) is 34.1 Å². The predicted molar refractivity (Wildman–Crippen MR) is 92.2 cm³/mol. The summed E-state index contributed by atoms with van der Waals surface area (Å²) in [6.07, 6.45) is 0. The minimum absolute atomic E-state index is 0.0634. The summed E-state index contributed by atoms with van der Waals surface area (Å²) in [5.74, 6) is 0.714. The molecule has 0 aromatic heterocycles. The van der Waals surface area contributed by atoms with E-state index in [4.69, 9.17) is 4.74 Å². The van der Waals surface area contributed by atoms with E-state index in [1.165, 1.54) is 0 Å². The van der Waals surface area contributed by atoms with Crippen LogP contribution in [0.5, 0.6) is 5.75 Å². The van der Waals surface area contributed by atoms with Crippen LogP contribution in [0.15, 0.2) is 46.9 Å². The molecule has 0 radical (unpaired) electrons. The van der Waals surface area contributed by atoms with Gasteiger partial charge in [0.2, 0.25) is 5.91 Å². The Bertz CT molecular complexity index is 659. The Hall–Kier alpha value is -2.01. The van der Waals surface area contributed by atoms with Crippen molar-refractivity contribution in [1.82, 2.24) is 5.32 Å². The fraction of sp³-hybridized carbons (Fsp3) is 0.235. The molecule has 0 unspecified atom stereocenters. The molecule has 0 aliphatic carbocycles. The highest BCUT2D eigenvalue weighted by molar-refractivity contribution is 9.10. The highest BCUT2D eigenvalue weighted by Crippen LogP contribution is 2.20. The van der Waals surface area contributed by atoms with E-state index in [1.54, 1.807) is 7.11 Å². The SMILES string of the molecule is COc1ccccc1CNC(=O)CNc1ccc(Br)c(C)c1. The Morgan fingerprint density at radius 1 is 1.23 bits per heavy atom. The monoisotopic (exact) mass is 362 g/mol. The molecule has 0 saturated carbocycles. The van der Waals surface area contributed by atoms with Gasteiger partial charge in [0.05, 0.1) is 13.7 Å². The van der Waals surface area contributed by atoms with Crippen LogP contribution in [0.4, 0.5) is 5.69 Å². The number of nitrogens with one attached hydrogen (secondary N) is 2. The van der Waals surface area contributed by atoms with Crippen molar-refractivity contribution >= 4 is 27.5 Å². The summed E-state index contributed by atoms with van der Waals surface area (Å²) >= 11 is 3.45. The van der Waals surface area contributed by atoms with Gasteiger partial charge in [-0.3, -0.25) is 4.79 Å². The van der Waals surface area contributed by atoms with Crippen LogP contribution in [0.25, 0.3) is 0 Å². The van der Waals surface area contributed by atoms with Gasteiger partial charge < -0.3 is 15.4 Å². The van der Waals surface area contributed by atoms with Crippen LogP contribution in [0.1, 0.15) is 11.1 Å². The highest BCUT2D eigenvalue weighted by atomic mass is 79.9. The summed E-state index contributed by atoms with van der Waals surface area (Å²) in [4.78, 5) is 11.9. The predicted octanol–water partition coefficient (Wildman–Crippen LogP) is 3.49. The molecule has 2 aromatic carbocycles. The molecule has 116 valence electrons. The topological polar surface area (TPSA) is 50.4 Å². The third-order valence-electron chi connectivity index (χ3n) is 3.28. The van der Waals surface area contributed by atoms with Gasteiger partial charge in [0, 0.05) is 22.3 Å². The van der Waals surface area contributed by atoms with E-state index in [9.17, 15) is 4.79 Å². The summed E-state index contributed by atoms with van der Waals surface area (Å²) in [6, 6.07) is 13.5. The van der Waals surface area contributed by atoms with Crippen molar-refractivity contribution in [2.24, 2.45) is 0 Å². The quantitative estimate of drug-likeness (QED) is 0.826. The van der Waals surface area contributed by atoms with Crippen LogP contribution < -0.4 is 15.4 Å².